The summed E-state index contributed by atoms with van der Waals surface area (Å²) in [5.41, 5.74) is 6.19. The zero-order valence-corrected chi connectivity index (χ0v) is 10.9. The molecule has 1 aromatic carbocycles. The molecule has 1 unspecified atom stereocenters. The SMILES string of the molecule is N/C(=N/O)C(CNCCCc1ccccc1)C(F)(F)F. The van der Waals surface area contributed by atoms with Crippen molar-refractivity contribution in [1.82, 2.24) is 5.32 Å². The second kappa shape index (κ2) is 7.74. The average molecular weight is 289 g/mol. The quantitative estimate of drug-likeness (QED) is 0.237. The van der Waals surface area contributed by atoms with Gasteiger partial charge in [-0.25, -0.2) is 0 Å². The van der Waals surface area contributed by atoms with Gasteiger partial charge in [-0.15, -0.1) is 0 Å². The molecule has 112 valence electrons. The maximum Gasteiger partial charge on any atom is 0.400 e. The molecular weight excluding hydrogens is 271 g/mol. The van der Waals surface area contributed by atoms with Gasteiger partial charge in [0.05, 0.1) is 0 Å². The molecule has 0 saturated heterocycles. The predicted octanol–water partition coefficient (Wildman–Crippen LogP) is 2.13. The highest BCUT2D eigenvalue weighted by atomic mass is 19.4. The van der Waals surface area contributed by atoms with Gasteiger partial charge >= 0.3 is 6.18 Å². The van der Waals surface area contributed by atoms with Crippen molar-refractivity contribution in [3.05, 3.63) is 35.9 Å². The number of alkyl halides is 3. The molecule has 0 aliphatic carbocycles. The Balaban J connectivity index is 2.31. The Bertz CT molecular complexity index is 421. The van der Waals surface area contributed by atoms with Crippen LogP contribution in [0, 0.1) is 5.92 Å². The van der Waals surface area contributed by atoms with Crippen LogP contribution in [0.25, 0.3) is 0 Å². The highest BCUT2D eigenvalue weighted by Gasteiger charge is 2.42. The first kappa shape index (κ1) is 16.3. The first-order valence-electron chi connectivity index (χ1n) is 6.24. The largest absolute Gasteiger partial charge is 0.409 e. The van der Waals surface area contributed by atoms with E-state index in [1.54, 1.807) is 0 Å². The summed E-state index contributed by atoms with van der Waals surface area (Å²) in [5, 5.41) is 13.5. The fourth-order valence-electron chi connectivity index (χ4n) is 1.77. The molecule has 0 amide bonds. The third-order valence-corrected chi connectivity index (χ3v) is 2.88. The second-order valence-corrected chi connectivity index (χ2v) is 4.41. The van der Waals surface area contributed by atoms with Gasteiger partial charge in [-0.1, -0.05) is 35.5 Å². The Morgan fingerprint density at radius 2 is 1.95 bits per heavy atom. The molecule has 0 radical (unpaired) electrons. The van der Waals surface area contributed by atoms with Gasteiger partial charge in [0.25, 0.3) is 0 Å². The molecule has 4 N–H and O–H groups in total. The number of halogens is 3. The minimum Gasteiger partial charge on any atom is -0.409 e. The molecule has 0 fully saturated rings. The van der Waals surface area contributed by atoms with Crippen molar-refractivity contribution in [2.45, 2.75) is 19.0 Å². The normalized spacial score (nSPS) is 14.2. The van der Waals surface area contributed by atoms with Gasteiger partial charge in [0.2, 0.25) is 0 Å². The van der Waals surface area contributed by atoms with E-state index in [2.05, 4.69) is 10.5 Å². The minimum absolute atomic E-state index is 0.395. The Hall–Kier alpha value is -1.76. The van der Waals surface area contributed by atoms with Crippen LogP contribution in [0.4, 0.5) is 13.2 Å². The van der Waals surface area contributed by atoms with E-state index in [1.165, 1.54) is 0 Å². The summed E-state index contributed by atoms with van der Waals surface area (Å²) >= 11 is 0. The molecule has 0 aliphatic rings. The molecule has 0 heterocycles. The number of oxime groups is 1. The summed E-state index contributed by atoms with van der Waals surface area (Å²) in [6.07, 6.45) is -3.03. The molecule has 0 aromatic heterocycles. The van der Waals surface area contributed by atoms with Gasteiger partial charge in [-0.3, -0.25) is 0 Å². The van der Waals surface area contributed by atoms with E-state index < -0.39 is 24.5 Å². The van der Waals surface area contributed by atoms with Crippen molar-refractivity contribution in [1.29, 1.82) is 0 Å². The van der Waals surface area contributed by atoms with Crippen LogP contribution in [-0.2, 0) is 6.42 Å². The molecule has 1 atom stereocenters. The van der Waals surface area contributed by atoms with Crippen LogP contribution >= 0.6 is 0 Å². The number of hydrogen-bond acceptors (Lipinski definition) is 3. The zero-order chi connectivity index (χ0) is 15.0. The summed E-state index contributed by atoms with van der Waals surface area (Å²) < 4.78 is 37.9. The summed E-state index contributed by atoms with van der Waals surface area (Å²) in [6.45, 7) is 0.0361. The number of nitrogens with one attached hydrogen (secondary N) is 1. The van der Waals surface area contributed by atoms with Crippen molar-refractivity contribution in [3.63, 3.8) is 0 Å². The van der Waals surface area contributed by atoms with Crippen LogP contribution < -0.4 is 11.1 Å². The van der Waals surface area contributed by atoms with Crippen molar-refractivity contribution in [3.8, 4) is 0 Å². The smallest absolute Gasteiger partial charge is 0.400 e. The minimum atomic E-state index is -4.53. The lowest BCUT2D eigenvalue weighted by Gasteiger charge is -2.19. The molecule has 0 spiro atoms. The summed E-state index contributed by atoms with van der Waals surface area (Å²) in [7, 11) is 0. The number of hydrogen-bond donors (Lipinski definition) is 3. The fraction of sp³-hybridized carbons (Fsp3) is 0.462. The van der Waals surface area contributed by atoms with E-state index in [4.69, 9.17) is 10.9 Å². The molecule has 4 nitrogen and oxygen atoms in total. The Labute approximate surface area is 115 Å². The van der Waals surface area contributed by atoms with Crippen LogP contribution in [0.2, 0.25) is 0 Å². The summed E-state index contributed by atoms with van der Waals surface area (Å²) in [4.78, 5) is 0. The predicted molar refractivity (Wildman–Crippen MR) is 70.6 cm³/mol. The summed E-state index contributed by atoms with van der Waals surface area (Å²) in [6, 6.07) is 9.68. The van der Waals surface area contributed by atoms with Crippen molar-refractivity contribution >= 4 is 5.84 Å². The average Bonchev–Trinajstić information content (AvgIpc) is 2.41. The topological polar surface area (TPSA) is 70.6 Å². The number of benzene rings is 1. The molecule has 0 aliphatic heterocycles. The van der Waals surface area contributed by atoms with Crippen LogP contribution in [0.5, 0.6) is 0 Å². The van der Waals surface area contributed by atoms with Crippen molar-refractivity contribution < 1.29 is 18.4 Å². The van der Waals surface area contributed by atoms with Gasteiger partial charge in [-0.2, -0.15) is 13.2 Å². The van der Waals surface area contributed by atoms with E-state index in [1.807, 2.05) is 30.3 Å². The van der Waals surface area contributed by atoms with Gasteiger partial charge in [0, 0.05) is 6.54 Å². The Kier molecular flexibility index (Phi) is 6.30. The second-order valence-electron chi connectivity index (χ2n) is 4.41. The lowest BCUT2D eigenvalue weighted by atomic mass is 10.1. The number of nitrogens with zero attached hydrogens (tertiary/aromatic N) is 1. The standard InChI is InChI=1S/C13H18F3N3O/c14-13(15,16)11(12(17)19-20)9-18-8-4-7-10-5-2-1-3-6-10/h1-3,5-6,11,18,20H,4,7-9H2,(H2,17,19). The van der Waals surface area contributed by atoms with Gasteiger partial charge in [0.15, 0.2) is 5.84 Å². The van der Waals surface area contributed by atoms with E-state index in [-0.39, 0.29) is 0 Å². The Morgan fingerprint density at radius 3 is 2.50 bits per heavy atom. The van der Waals surface area contributed by atoms with Crippen molar-refractivity contribution in [2.24, 2.45) is 16.8 Å². The zero-order valence-electron chi connectivity index (χ0n) is 10.9. The van der Waals surface area contributed by atoms with E-state index >= 15 is 0 Å². The fourth-order valence-corrected chi connectivity index (χ4v) is 1.77. The Morgan fingerprint density at radius 1 is 1.30 bits per heavy atom. The van der Waals surface area contributed by atoms with Gasteiger partial charge < -0.3 is 16.3 Å². The lowest BCUT2D eigenvalue weighted by Crippen LogP contribution is -2.43. The van der Waals surface area contributed by atoms with Crippen LogP contribution in [0.3, 0.4) is 0 Å². The van der Waals surface area contributed by atoms with Crippen LogP contribution in [0.15, 0.2) is 35.5 Å². The highest BCUT2D eigenvalue weighted by Crippen LogP contribution is 2.25. The number of rotatable bonds is 7. The van der Waals surface area contributed by atoms with Crippen LogP contribution in [-0.4, -0.2) is 30.3 Å². The molecule has 1 aromatic rings. The number of aryl methyl sites for hydroxylation is 1. The molecule has 0 bridgehead atoms. The lowest BCUT2D eigenvalue weighted by molar-refractivity contribution is -0.154. The summed E-state index contributed by atoms with van der Waals surface area (Å²) in [5.74, 6) is -2.79. The maximum absolute atomic E-state index is 12.6. The van der Waals surface area contributed by atoms with Gasteiger partial charge in [-0.05, 0) is 24.9 Å². The number of nitrogens with two attached hydrogens (primary N) is 1. The van der Waals surface area contributed by atoms with Crippen molar-refractivity contribution in [2.75, 3.05) is 13.1 Å². The molecule has 1 rings (SSSR count). The molecule has 0 saturated carbocycles. The first-order chi connectivity index (χ1) is 9.45. The molecular formula is C13H18F3N3O. The first-order valence-corrected chi connectivity index (χ1v) is 6.24. The maximum atomic E-state index is 12.6. The van der Waals surface area contributed by atoms with E-state index in [0.717, 1.165) is 12.0 Å². The highest BCUT2D eigenvalue weighted by molar-refractivity contribution is 5.83. The molecule has 20 heavy (non-hydrogen) atoms. The van der Waals surface area contributed by atoms with E-state index in [0.29, 0.717) is 13.0 Å². The molecule has 7 heteroatoms. The third kappa shape index (κ3) is 5.48. The monoisotopic (exact) mass is 289 g/mol. The number of amidine groups is 1. The van der Waals surface area contributed by atoms with E-state index in [9.17, 15) is 13.2 Å². The van der Waals surface area contributed by atoms with Gasteiger partial charge in [0.1, 0.15) is 5.92 Å². The third-order valence-electron chi connectivity index (χ3n) is 2.88. The van der Waals surface area contributed by atoms with Crippen LogP contribution in [0.1, 0.15) is 12.0 Å².